The second-order valence-corrected chi connectivity index (χ2v) is 6.36. The fraction of sp³-hybridized carbons (Fsp3) is 0. The number of H-pyrrole nitrogens is 2. The second-order valence-electron chi connectivity index (χ2n) is 6.36. The molecular weight excluding hydrogens is 348 g/mol. The highest BCUT2D eigenvalue weighted by molar-refractivity contribution is 5.68. The van der Waals surface area contributed by atoms with Crippen LogP contribution in [-0.2, 0) is 0 Å². The Morgan fingerprint density at radius 3 is 1.18 bits per heavy atom. The number of hydrogen-bond donors (Lipinski definition) is 2. The van der Waals surface area contributed by atoms with Crippen LogP contribution in [0.1, 0.15) is 0 Å². The molecule has 6 heteroatoms. The average molecular weight is 364 g/mol. The van der Waals surface area contributed by atoms with E-state index in [1.54, 1.807) is 0 Å². The standard InChI is InChI=1S/C22H16N6/c1-3-8-15(9-4-1)19-23-21(27-25-19)17-12-7-13-18(14-17)22-24-20(26-28-22)16-10-5-2-6-11-16/h1-14H,(H,23,25,27)(H,24,26,28). The van der Waals surface area contributed by atoms with Crippen molar-refractivity contribution in [2.24, 2.45) is 0 Å². The van der Waals surface area contributed by atoms with Crippen LogP contribution >= 0.6 is 0 Å². The summed E-state index contributed by atoms with van der Waals surface area (Å²) >= 11 is 0. The molecule has 0 saturated carbocycles. The van der Waals surface area contributed by atoms with Crippen LogP contribution in [0.4, 0.5) is 0 Å². The van der Waals surface area contributed by atoms with Gasteiger partial charge in [-0.3, -0.25) is 0 Å². The molecule has 0 saturated heterocycles. The Kier molecular flexibility index (Phi) is 3.99. The lowest BCUT2D eigenvalue weighted by Gasteiger charge is -2.00. The minimum absolute atomic E-state index is 0.712. The summed E-state index contributed by atoms with van der Waals surface area (Å²) in [4.78, 5) is 6.57. The van der Waals surface area contributed by atoms with E-state index in [0.29, 0.717) is 11.6 Å². The third-order valence-corrected chi connectivity index (χ3v) is 4.48. The highest BCUT2D eigenvalue weighted by Crippen LogP contribution is 2.25. The molecule has 0 radical (unpaired) electrons. The van der Waals surface area contributed by atoms with Crippen LogP contribution in [0.3, 0.4) is 0 Å². The zero-order valence-corrected chi connectivity index (χ0v) is 14.9. The van der Waals surface area contributed by atoms with Crippen molar-refractivity contribution in [3.05, 3.63) is 84.9 Å². The minimum atomic E-state index is 0.712. The number of aromatic amines is 2. The van der Waals surface area contributed by atoms with Crippen molar-refractivity contribution in [2.75, 3.05) is 0 Å². The van der Waals surface area contributed by atoms with Gasteiger partial charge in [0.15, 0.2) is 23.3 Å². The smallest absolute Gasteiger partial charge is 0.161 e. The first-order valence-corrected chi connectivity index (χ1v) is 8.94. The Morgan fingerprint density at radius 1 is 0.393 bits per heavy atom. The van der Waals surface area contributed by atoms with Crippen molar-refractivity contribution >= 4 is 0 Å². The van der Waals surface area contributed by atoms with Gasteiger partial charge in [0.05, 0.1) is 0 Å². The fourth-order valence-corrected chi connectivity index (χ4v) is 3.05. The average Bonchev–Trinajstić information content (AvgIpc) is 3.46. The molecule has 2 aromatic heterocycles. The normalized spacial score (nSPS) is 10.9. The van der Waals surface area contributed by atoms with Gasteiger partial charge in [-0.15, -0.1) is 20.4 Å². The zero-order valence-electron chi connectivity index (χ0n) is 14.9. The Labute approximate surface area is 161 Å². The Hall–Kier alpha value is -4.06. The molecule has 0 aliphatic carbocycles. The molecule has 0 unspecified atom stereocenters. The Bertz CT molecular complexity index is 1120. The van der Waals surface area contributed by atoms with Crippen LogP contribution in [0.5, 0.6) is 0 Å². The van der Waals surface area contributed by atoms with E-state index in [1.807, 2.05) is 84.9 Å². The maximum absolute atomic E-state index is 4.30. The number of aromatic nitrogens is 6. The molecule has 0 bridgehead atoms. The van der Waals surface area contributed by atoms with Gasteiger partial charge in [0.1, 0.15) is 0 Å². The topological polar surface area (TPSA) is 83.1 Å². The van der Waals surface area contributed by atoms with Crippen LogP contribution in [0.15, 0.2) is 84.9 Å². The van der Waals surface area contributed by atoms with Crippen LogP contribution in [0, 0.1) is 0 Å². The molecule has 0 spiro atoms. The fourth-order valence-electron chi connectivity index (χ4n) is 3.05. The predicted molar refractivity (Wildman–Crippen MR) is 108 cm³/mol. The molecule has 0 aliphatic heterocycles. The van der Waals surface area contributed by atoms with E-state index in [-0.39, 0.29) is 0 Å². The highest BCUT2D eigenvalue weighted by Gasteiger charge is 2.11. The minimum Gasteiger partial charge on any atom is -0.321 e. The number of rotatable bonds is 4. The summed E-state index contributed by atoms with van der Waals surface area (Å²) < 4.78 is 0. The lowest BCUT2D eigenvalue weighted by molar-refractivity contribution is 1.10. The molecule has 0 aliphatic rings. The van der Waals surface area contributed by atoms with E-state index in [4.69, 9.17) is 0 Å². The van der Waals surface area contributed by atoms with Gasteiger partial charge in [-0.05, 0) is 6.07 Å². The van der Waals surface area contributed by atoms with Gasteiger partial charge in [0.25, 0.3) is 0 Å². The quantitative estimate of drug-likeness (QED) is 0.488. The van der Waals surface area contributed by atoms with Crippen molar-refractivity contribution in [1.82, 2.24) is 30.4 Å². The number of hydrogen-bond acceptors (Lipinski definition) is 4. The summed E-state index contributed by atoms with van der Waals surface area (Å²) in [5, 5.41) is 17.1. The van der Waals surface area contributed by atoms with Crippen LogP contribution in [-0.4, -0.2) is 30.4 Å². The molecule has 6 nitrogen and oxygen atoms in total. The van der Waals surface area contributed by atoms with E-state index >= 15 is 0 Å². The SMILES string of the molecule is c1ccc(-c2nnc(-c3cccc(-c4nnc(-c5ccccc5)[nH]4)c3)[nH]2)cc1. The lowest BCUT2D eigenvalue weighted by Crippen LogP contribution is -1.85. The van der Waals surface area contributed by atoms with E-state index < -0.39 is 0 Å². The molecule has 2 heterocycles. The molecule has 5 rings (SSSR count). The van der Waals surface area contributed by atoms with Gasteiger partial charge >= 0.3 is 0 Å². The van der Waals surface area contributed by atoms with Gasteiger partial charge in [-0.25, -0.2) is 0 Å². The number of benzene rings is 3. The molecule has 3 aromatic carbocycles. The van der Waals surface area contributed by atoms with Gasteiger partial charge < -0.3 is 9.97 Å². The van der Waals surface area contributed by atoms with Crippen molar-refractivity contribution in [1.29, 1.82) is 0 Å². The second kappa shape index (κ2) is 6.92. The molecule has 134 valence electrons. The molecular formula is C22H16N6. The molecule has 0 atom stereocenters. The first kappa shape index (κ1) is 16.1. The molecule has 28 heavy (non-hydrogen) atoms. The van der Waals surface area contributed by atoms with Gasteiger partial charge in [0, 0.05) is 22.3 Å². The van der Waals surface area contributed by atoms with Crippen LogP contribution < -0.4 is 0 Å². The zero-order chi connectivity index (χ0) is 18.8. The molecule has 2 N–H and O–H groups in total. The first-order valence-electron chi connectivity index (χ1n) is 8.94. The van der Waals surface area contributed by atoms with E-state index in [0.717, 1.165) is 33.9 Å². The maximum atomic E-state index is 4.30. The maximum Gasteiger partial charge on any atom is 0.161 e. The summed E-state index contributed by atoms with van der Waals surface area (Å²) in [6.07, 6.45) is 0. The van der Waals surface area contributed by atoms with E-state index in [1.165, 1.54) is 0 Å². The Morgan fingerprint density at radius 2 is 0.750 bits per heavy atom. The number of nitrogens with zero attached hydrogens (tertiary/aromatic N) is 4. The summed E-state index contributed by atoms with van der Waals surface area (Å²) in [7, 11) is 0. The third kappa shape index (κ3) is 3.07. The van der Waals surface area contributed by atoms with Crippen LogP contribution in [0.25, 0.3) is 45.6 Å². The van der Waals surface area contributed by atoms with Crippen LogP contribution in [0.2, 0.25) is 0 Å². The Balaban J connectivity index is 1.46. The monoisotopic (exact) mass is 364 g/mol. The summed E-state index contributed by atoms with van der Waals surface area (Å²) in [5.74, 6) is 2.91. The largest absolute Gasteiger partial charge is 0.321 e. The highest BCUT2D eigenvalue weighted by atomic mass is 15.2. The molecule has 0 fully saturated rings. The van der Waals surface area contributed by atoms with Gasteiger partial charge in [-0.1, -0.05) is 78.9 Å². The third-order valence-electron chi connectivity index (χ3n) is 4.48. The van der Waals surface area contributed by atoms with E-state index in [9.17, 15) is 0 Å². The lowest BCUT2D eigenvalue weighted by atomic mass is 10.1. The van der Waals surface area contributed by atoms with Crippen molar-refractivity contribution in [2.45, 2.75) is 0 Å². The summed E-state index contributed by atoms with van der Waals surface area (Å²) in [5.41, 5.74) is 3.87. The predicted octanol–water partition coefficient (Wildman–Crippen LogP) is 4.59. The van der Waals surface area contributed by atoms with Crippen molar-refractivity contribution < 1.29 is 0 Å². The van der Waals surface area contributed by atoms with E-state index in [2.05, 4.69) is 30.4 Å². The molecule has 0 amide bonds. The molecule has 5 aromatic rings. The van der Waals surface area contributed by atoms with Crippen molar-refractivity contribution in [3.8, 4) is 45.6 Å². The van der Waals surface area contributed by atoms with Gasteiger partial charge in [-0.2, -0.15) is 0 Å². The summed E-state index contributed by atoms with van der Waals surface area (Å²) in [6.45, 7) is 0. The van der Waals surface area contributed by atoms with Crippen molar-refractivity contribution in [3.63, 3.8) is 0 Å². The summed E-state index contributed by atoms with van der Waals surface area (Å²) in [6, 6.07) is 27.8. The van der Waals surface area contributed by atoms with Gasteiger partial charge in [0.2, 0.25) is 0 Å². The first-order chi connectivity index (χ1) is 13.9. The number of nitrogens with one attached hydrogen (secondary N) is 2.